The summed E-state index contributed by atoms with van der Waals surface area (Å²) >= 11 is 3.66. The van der Waals surface area contributed by atoms with Crippen molar-refractivity contribution >= 4 is 73.8 Å². The summed E-state index contributed by atoms with van der Waals surface area (Å²) < 4.78 is 5.04. The first-order valence-corrected chi connectivity index (χ1v) is 17.7. The zero-order valence-electron chi connectivity index (χ0n) is 25.4. The van der Waals surface area contributed by atoms with E-state index in [0.29, 0.717) is 17.5 Å². The van der Waals surface area contributed by atoms with Gasteiger partial charge in [-0.3, -0.25) is 0 Å². The lowest BCUT2D eigenvalue weighted by atomic mass is 9.93. The molecular formula is C43H23N3S2. The summed E-state index contributed by atoms with van der Waals surface area (Å²) in [5.74, 6) is 2.05. The Kier molecular flexibility index (Phi) is 5.42. The SMILES string of the molecule is c1ccc(-c2nc(-c3ccc4sc5ccccc5c4c3)nc(-c3c4c(cc5sc6ccccc6c35)-c3cccc5cccc-4c35)n2)cc1. The van der Waals surface area contributed by atoms with E-state index in [4.69, 9.17) is 15.0 Å². The second kappa shape index (κ2) is 9.88. The fourth-order valence-corrected chi connectivity index (χ4v) is 9.82. The molecule has 48 heavy (non-hydrogen) atoms. The quantitative estimate of drug-likeness (QED) is 0.192. The summed E-state index contributed by atoms with van der Waals surface area (Å²) in [4.78, 5) is 15.9. The fraction of sp³-hybridized carbons (Fsp3) is 0. The largest absolute Gasteiger partial charge is 0.208 e. The Hall–Kier alpha value is -5.75. The molecule has 1 aliphatic rings. The number of hydrogen-bond acceptors (Lipinski definition) is 5. The maximum absolute atomic E-state index is 5.40. The van der Waals surface area contributed by atoms with Crippen molar-refractivity contribution in [2.24, 2.45) is 0 Å². The third-order valence-corrected chi connectivity index (χ3v) is 11.9. The Balaban J connectivity index is 1.27. The van der Waals surface area contributed by atoms with E-state index in [0.717, 1.165) is 16.7 Å². The second-order valence-electron chi connectivity index (χ2n) is 12.3. The lowest BCUT2D eigenvalue weighted by Gasteiger charge is -2.14. The van der Waals surface area contributed by atoms with Crippen molar-refractivity contribution in [2.75, 3.05) is 0 Å². The summed E-state index contributed by atoms with van der Waals surface area (Å²) in [5, 5.41) is 7.46. The summed E-state index contributed by atoms with van der Waals surface area (Å²) in [7, 11) is 0. The van der Waals surface area contributed by atoms with Gasteiger partial charge in [-0.25, -0.2) is 15.0 Å². The highest BCUT2D eigenvalue weighted by Gasteiger charge is 2.29. The standard InChI is InChI=1S/C43H23N3S2/c1-2-10-25(11-3-1)41-44-42(26-20-21-35-31(22-26)27-14-4-6-18-33(27)47-35)46-43(45-41)40-38-30-17-9-13-24-12-8-16-28(37(24)30)32(38)23-36-39(40)29-15-5-7-19-34(29)48-36/h1-23H. The van der Waals surface area contributed by atoms with Gasteiger partial charge >= 0.3 is 0 Å². The first-order valence-electron chi connectivity index (χ1n) is 16.0. The molecule has 0 radical (unpaired) electrons. The lowest BCUT2D eigenvalue weighted by molar-refractivity contribution is 1.08. The van der Waals surface area contributed by atoms with Crippen LogP contribution in [0.25, 0.3) is 108 Å². The van der Waals surface area contributed by atoms with Crippen LogP contribution in [0.4, 0.5) is 0 Å². The average Bonchev–Trinajstić information content (AvgIpc) is 3.81. The highest BCUT2D eigenvalue weighted by atomic mass is 32.1. The Morgan fingerprint density at radius 2 is 1.00 bits per heavy atom. The van der Waals surface area contributed by atoms with Crippen molar-refractivity contribution in [1.29, 1.82) is 0 Å². The summed E-state index contributed by atoms with van der Waals surface area (Å²) in [6, 6.07) is 49.9. The van der Waals surface area contributed by atoms with E-state index in [9.17, 15) is 0 Å². The van der Waals surface area contributed by atoms with Gasteiger partial charge in [0.15, 0.2) is 17.5 Å². The molecule has 11 rings (SSSR count). The first kappa shape index (κ1) is 26.3. The normalized spacial score (nSPS) is 12.2. The number of rotatable bonds is 3. The molecule has 0 N–H and O–H groups in total. The highest BCUT2D eigenvalue weighted by molar-refractivity contribution is 7.26. The van der Waals surface area contributed by atoms with Crippen molar-refractivity contribution in [1.82, 2.24) is 15.0 Å². The maximum Gasteiger partial charge on any atom is 0.165 e. The van der Waals surface area contributed by atoms with E-state index in [1.165, 1.54) is 73.4 Å². The molecule has 3 aromatic heterocycles. The third kappa shape index (κ3) is 3.71. The minimum Gasteiger partial charge on any atom is -0.208 e. The minimum atomic E-state index is 0.671. The Bertz CT molecular complexity index is 2950. The van der Waals surface area contributed by atoms with Gasteiger partial charge in [-0.05, 0) is 63.9 Å². The van der Waals surface area contributed by atoms with Gasteiger partial charge in [0, 0.05) is 62.6 Å². The highest BCUT2D eigenvalue weighted by Crippen LogP contribution is 2.55. The molecule has 0 amide bonds. The summed E-state index contributed by atoms with van der Waals surface area (Å²) in [5.41, 5.74) is 7.97. The molecule has 0 spiro atoms. The van der Waals surface area contributed by atoms with Gasteiger partial charge in [0.05, 0.1) is 0 Å². The number of nitrogens with zero attached hydrogens (tertiary/aromatic N) is 3. The predicted octanol–water partition coefficient (Wildman–Crippen LogP) is 12.4. The van der Waals surface area contributed by atoms with Crippen LogP contribution in [0.15, 0.2) is 140 Å². The van der Waals surface area contributed by atoms with Crippen molar-refractivity contribution in [3.05, 3.63) is 140 Å². The smallest absolute Gasteiger partial charge is 0.165 e. The van der Waals surface area contributed by atoms with E-state index in [-0.39, 0.29) is 0 Å². The van der Waals surface area contributed by atoms with E-state index in [1.807, 2.05) is 40.9 Å². The maximum atomic E-state index is 5.40. The van der Waals surface area contributed by atoms with Crippen molar-refractivity contribution in [3.63, 3.8) is 0 Å². The summed E-state index contributed by atoms with van der Waals surface area (Å²) in [6.45, 7) is 0. The van der Waals surface area contributed by atoms with E-state index in [1.54, 1.807) is 0 Å². The zero-order chi connectivity index (χ0) is 31.3. The van der Waals surface area contributed by atoms with Crippen LogP contribution in [0.5, 0.6) is 0 Å². The topological polar surface area (TPSA) is 38.7 Å². The molecule has 3 heterocycles. The molecule has 0 fully saturated rings. The van der Waals surface area contributed by atoms with Gasteiger partial charge < -0.3 is 0 Å². The number of fused-ring (bicyclic) bond motifs is 9. The van der Waals surface area contributed by atoms with Crippen LogP contribution in [0.1, 0.15) is 0 Å². The molecular weight excluding hydrogens is 623 g/mol. The zero-order valence-corrected chi connectivity index (χ0v) is 27.1. The Labute approximate surface area is 283 Å². The van der Waals surface area contributed by atoms with Crippen LogP contribution in [0.3, 0.4) is 0 Å². The molecule has 0 unspecified atom stereocenters. The van der Waals surface area contributed by atoms with E-state index < -0.39 is 0 Å². The van der Waals surface area contributed by atoms with Gasteiger partial charge in [-0.2, -0.15) is 0 Å². The first-order chi connectivity index (χ1) is 23.8. The van der Waals surface area contributed by atoms with Crippen molar-refractivity contribution in [2.45, 2.75) is 0 Å². The molecule has 0 aliphatic heterocycles. The van der Waals surface area contributed by atoms with Crippen LogP contribution in [0.2, 0.25) is 0 Å². The molecule has 0 saturated heterocycles. The summed E-state index contributed by atoms with van der Waals surface area (Å²) in [6.07, 6.45) is 0. The van der Waals surface area contributed by atoms with Crippen molar-refractivity contribution < 1.29 is 0 Å². The Morgan fingerprint density at radius 1 is 0.354 bits per heavy atom. The van der Waals surface area contributed by atoms with Gasteiger partial charge in [-0.1, -0.05) is 103 Å². The molecule has 5 heteroatoms. The average molecular weight is 646 g/mol. The van der Waals surface area contributed by atoms with Crippen LogP contribution in [-0.4, -0.2) is 15.0 Å². The molecule has 0 bridgehead atoms. The number of aromatic nitrogens is 3. The Morgan fingerprint density at radius 3 is 1.83 bits per heavy atom. The van der Waals surface area contributed by atoms with E-state index >= 15 is 0 Å². The second-order valence-corrected chi connectivity index (χ2v) is 14.5. The molecule has 1 aliphatic carbocycles. The molecule has 10 aromatic rings. The number of benzene rings is 7. The fourth-order valence-electron chi connectivity index (χ4n) is 7.57. The van der Waals surface area contributed by atoms with E-state index in [2.05, 4.69) is 121 Å². The molecule has 7 aromatic carbocycles. The van der Waals surface area contributed by atoms with Gasteiger partial charge in [0.2, 0.25) is 0 Å². The number of hydrogen-bond donors (Lipinski definition) is 0. The monoisotopic (exact) mass is 645 g/mol. The van der Waals surface area contributed by atoms with Gasteiger partial charge in [-0.15, -0.1) is 22.7 Å². The number of thiophene rings is 2. The van der Waals surface area contributed by atoms with Crippen LogP contribution >= 0.6 is 22.7 Å². The van der Waals surface area contributed by atoms with Crippen LogP contribution < -0.4 is 0 Å². The predicted molar refractivity (Wildman–Crippen MR) is 204 cm³/mol. The lowest BCUT2D eigenvalue weighted by Crippen LogP contribution is -2.01. The van der Waals surface area contributed by atoms with Gasteiger partial charge in [0.1, 0.15) is 0 Å². The van der Waals surface area contributed by atoms with Crippen molar-refractivity contribution in [3.8, 4) is 56.4 Å². The van der Waals surface area contributed by atoms with Gasteiger partial charge in [0.25, 0.3) is 0 Å². The van der Waals surface area contributed by atoms with Crippen LogP contribution in [0, 0.1) is 0 Å². The third-order valence-electron chi connectivity index (χ3n) is 9.66. The molecule has 222 valence electrons. The molecule has 0 saturated carbocycles. The molecule has 3 nitrogen and oxygen atoms in total. The van der Waals surface area contributed by atoms with Crippen LogP contribution in [-0.2, 0) is 0 Å². The molecule has 0 atom stereocenters. The minimum absolute atomic E-state index is 0.671.